The highest BCUT2D eigenvalue weighted by Gasteiger charge is 2.22. The SMILES string of the molecule is Cn1c(=O)c2nc(Br)n(CC(=O)N(Cc3ccccc3)c3ccccc3)c2n(C)c1=O. The van der Waals surface area contributed by atoms with Crippen molar-refractivity contribution in [2.45, 2.75) is 13.1 Å². The van der Waals surface area contributed by atoms with Gasteiger partial charge in [0.05, 0.1) is 6.54 Å². The van der Waals surface area contributed by atoms with E-state index in [1.807, 2.05) is 60.7 Å². The number of halogens is 1. The number of carbonyl (C=O) groups is 1. The van der Waals surface area contributed by atoms with E-state index in [2.05, 4.69) is 20.9 Å². The summed E-state index contributed by atoms with van der Waals surface area (Å²) in [6, 6.07) is 19.1. The van der Waals surface area contributed by atoms with Crippen LogP contribution in [0, 0.1) is 0 Å². The van der Waals surface area contributed by atoms with Crippen molar-refractivity contribution in [2.24, 2.45) is 14.1 Å². The molecule has 0 N–H and O–H groups in total. The van der Waals surface area contributed by atoms with Gasteiger partial charge in [-0.1, -0.05) is 48.5 Å². The number of hydrogen-bond donors (Lipinski definition) is 0. The maximum absolute atomic E-state index is 13.4. The van der Waals surface area contributed by atoms with Crippen molar-refractivity contribution in [1.82, 2.24) is 18.7 Å². The van der Waals surface area contributed by atoms with Crippen LogP contribution < -0.4 is 16.1 Å². The van der Waals surface area contributed by atoms with Crippen molar-refractivity contribution < 1.29 is 4.79 Å². The molecule has 0 spiro atoms. The molecular formula is C22H20BrN5O3. The number of benzene rings is 2. The predicted molar refractivity (Wildman–Crippen MR) is 122 cm³/mol. The summed E-state index contributed by atoms with van der Waals surface area (Å²) in [7, 11) is 2.96. The highest BCUT2D eigenvalue weighted by molar-refractivity contribution is 9.10. The normalized spacial score (nSPS) is 11.1. The number of amides is 1. The van der Waals surface area contributed by atoms with E-state index in [1.54, 1.807) is 16.5 Å². The molecule has 2 heterocycles. The molecule has 0 atom stereocenters. The van der Waals surface area contributed by atoms with Crippen LogP contribution in [0.1, 0.15) is 5.56 Å². The summed E-state index contributed by atoms with van der Waals surface area (Å²) in [5.74, 6) is -0.205. The number of aryl methyl sites for hydroxylation is 1. The van der Waals surface area contributed by atoms with Crippen LogP contribution >= 0.6 is 15.9 Å². The molecule has 31 heavy (non-hydrogen) atoms. The lowest BCUT2D eigenvalue weighted by Crippen LogP contribution is -2.38. The number of carbonyl (C=O) groups excluding carboxylic acids is 1. The quantitative estimate of drug-likeness (QED) is 0.410. The van der Waals surface area contributed by atoms with Gasteiger partial charge in [0.1, 0.15) is 6.54 Å². The second kappa shape index (κ2) is 8.35. The molecule has 0 saturated heterocycles. The van der Waals surface area contributed by atoms with Crippen molar-refractivity contribution in [2.75, 3.05) is 4.90 Å². The molecule has 2 aromatic heterocycles. The van der Waals surface area contributed by atoms with Crippen molar-refractivity contribution in [3.8, 4) is 0 Å². The molecule has 0 aliphatic heterocycles. The van der Waals surface area contributed by atoms with Crippen LogP contribution in [0.2, 0.25) is 0 Å². The first kappa shape index (κ1) is 20.8. The van der Waals surface area contributed by atoms with Gasteiger partial charge in [-0.15, -0.1) is 0 Å². The van der Waals surface area contributed by atoms with Gasteiger partial charge in [-0.2, -0.15) is 0 Å². The molecule has 0 saturated carbocycles. The fourth-order valence-electron chi connectivity index (χ4n) is 3.52. The summed E-state index contributed by atoms with van der Waals surface area (Å²) in [6.07, 6.45) is 0. The van der Waals surface area contributed by atoms with Crippen LogP contribution in [0.3, 0.4) is 0 Å². The summed E-state index contributed by atoms with van der Waals surface area (Å²) in [5, 5.41) is 0. The Bertz CT molecular complexity index is 1370. The predicted octanol–water partition coefficient (Wildman–Crippen LogP) is 2.43. The van der Waals surface area contributed by atoms with Gasteiger partial charge in [-0.25, -0.2) is 9.78 Å². The zero-order valence-corrected chi connectivity index (χ0v) is 18.6. The number of aromatic nitrogens is 4. The summed E-state index contributed by atoms with van der Waals surface area (Å²) < 4.78 is 4.18. The number of anilines is 1. The smallest absolute Gasteiger partial charge is 0.306 e. The number of fused-ring (bicyclic) bond motifs is 1. The minimum Gasteiger partial charge on any atom is -0.306 e. The minimum absolute atomic E-state index is 0.0980. The average Bonchev–Trinajstić information content (AvgIpc) is 3.12. The Morgan fingerprint density at radius 2 is 1.58 bits per heavy atom. The standard InChI is InChI=1S/C22H20BrN5O3/c1-25-19-18(20(30)26(2)22(25)31)24-21(23)28(19)14-17(29)27(16-11-7-4-8-12-16)13-15-9-5-3-6-10-15/h3-12H,13-14H2,1-2H3. The third-order valence-electron chi connectivity index (χ3n) is 5.14. The molecule has 0 unspecified atom stereocenters. The Hall–Kier alpha value is -3.46. The third-order valence-corrected chi connectivity index (χ3v) is 5.74. The van der Waals surface area contributed by atoms with Gasteiger partial charge in [0.15, 0.2) is 15.9 Å². The van der Waals surface area contributed by atoms with E-state index >= 15 is 0 Å². The van der Waals surface area contributed by atoms with E-state index in [4.69, 9.17) is 0 Å². The lowest BCUT2D eigenvalue weighted by Gasteiger charge is -2.24. The molecule has 9 heteroatoms. The van der Waals surface area contributed by atoms with E-state index < -0.39 is 11.2 Å². The van der Waals surface area contributed by atoms with E-state index in [1.165, 1.54) is 11.6 Å². The third kappa shape index (κ3) is 3.84. The number of para-hydroxylation sites is 1. The lowest BCUT2D eigenvalue weighted by atomic mass is 10.2. The first-order valence-corrected chi connectivity index (χ1v) is 10.4. The van der Waals surface area contributed by atoms with Gasteiger partial charge in [0.2, 0.25) is 5.91 Å². The van der Waals surface area contributed by atoms with Gasteiger partial charge in [0, 0.05) is 19.8 Å². The zero-order chi connectivity index (χ0) is 22.1. The van der Waals surface area contributed by atoms with Gasteiger partial charge < -0.3 is 4.90 Å². The maximum atomic E-state index is 13.4. The second-order valence-corrected chi connectivity index (χ2v) is 7.86. The van der Waals surface area contributed by atoms with Gasteiger partial charge in [-0.05, 0) is 33.6 Å². The summed E-state index contributed by atoms with van der Waals surface area (Å²) >= 11 is 3.35. The van der Waals surface area contributed by atoms with E-state index in [-0.39, 0.29) is 18.0 Å². The van der Waals surface area contributed by atoms with E-state index in [9.17, 15) is 14.4 Å². The van der Waals surface area contributed by atoms with Crippen LogP contribution in [0.5, 0.6) is 0 Å². The van der Waals surface area contributed by atoms with Crippen molar-refractivity contribution in [3.05, 3.63) is 91.8 Å². The van der Waals surface area contributed by atoms with Gasteiger partial charge in [-0.3, -0.25) is 23.3 Å². The van der Waals surface area contributed by atoms with E-state index in [0.29, 0.717) is 16.9 Å². The molecule has 4 aromatic rings. The highest BCUT2D eigenvalue weighted by atomic mass is 79.9. The monoisotopic (exact) mass is 481 g/mol. The molecule has 0 bridgehead atoms. The fraction of sp³-hybridized carbons (Fsp3) is 0.182. The van der Waals surface area contributed by atoms with Crippen LogP contribution in [0.15, 0.2) is 75.0 Å². The molecule has 4 rings (SSSR count). The van der Waals surface area contributed by atoms with Crippen LogP contribution in [-0.2, 0) is 32.0 Å². The summed E-state index contributed by atoms with van der Waals surface area (Å²) in [4.78, 5) is 44.3. The molecule has 1 amide bonds. The maximum Gasteiger partial charge on any atom is 0.332 e. The lowest BCUT2D eigenvalue weighted by molar-refractivity contribution is -0.119. The van der Waals surface area contributed by atoms with Gasteiger partial charge in [0.25, 0.3) is 5.56 Å². The van der Waals surface area contributed by atoms with E-state index in [0.717, 1.165) is 15.8 Å². The molecule has 158 valence electrons. The van der Waals surface area contributed by atoms with Crippen LogP contribution in [0.25, 0.3) is 11.2 Å². The first-order chi connectivity index (χ1) is 14.9. The van der Waals surface area contributed by atoms with Gasteiger partial charge >= 0.3 is 5.69 Å². The molecular weight excluding hydrogens is 462 g/mol. The molecule has 0 aliphatic rings. The largest absolute Gasteiger partial charge is 0.332 e. The Balaban J connectivity index is 1.78. The number of hydrogen-bond acceptors (Lipinski definition) is 4. The second-order valence-electron chi connectivity index (χ2n) is 7.15. The number of imidazole rings is 1. The molecule has 8 nitrogen and oxygen atoms in total. The molecule has 0 aliphatic carbocycles. The van der Waals surface area contributed by atoms with Crippen molar-refractivity contribution in [1.29, 1.82) is 0 Å². The zero-order valence-electron chi connectivity index (χ0n) is 17.0. The number of nitrogens with zero attached hydrogens (tertiary/aromatic N) is 5. The molecule has 2 aromatic carbocycles. The van der Waals surface area contributed by atoms with Crippen molar-refractivity contribution in [3.63, 3.8) is 0 Å². The Labute approximate surface area is 186 Å². The fourth-order valence-corrected chi connectivity index (χ4v) is 3.99. The average molecular weight is 482 g/mol. The Morgan fingerprint density at radius 3 is 2.23 bits per heavy atom. The first-order valence-electron chi connectivity index (χ1n) is 9.59. The Kier molecular flexibility index (Phi) is 5.60. The summed E-state index contributed by atoms with van der Waals surface area (Å²) in [6.45, 7) is 0.286. The molecule has 0 fully saturated rings. The summed E-state index contributed by atoms with van der Waals surface area (Å²) in [5.41, 5.74) is 1.16. The van der Waals surface area contributed by atoms with Crippen LogP contribution in [0.4, 0.5) is 5.69 Å². The topological polar surface area (TPSA) is 82.1 Å². The van der Waals surface area contributed by atoms with Crippen LogP contribution in [-0.4, -0.2) is 24.6 Å². The molecule has 0 radical (unpaired) electrons. The van der Waals surface area contributed by atoms with Crippen molar-refractivity contribution >= 4 is 38.7 Å². The Morgan fingerprint density at radius 1 is 0.968 bits per heavy atom. The minimum atomic E-state index is -0.505. The highest BCUT2D eigenvalue weighted by Crippen LogP contribution is 2.21. The number of rotatable bonds is 5.